The van der Waals surface area contributed by atoms with E-state index in [0.717, 1.165) is 43.6 Å². The van der Waals surface area contributed by atoms with Crippen molar-refractivity contribution in [3.63, 3.8) is 0 Å². The lowest BCUT2D eigenvalue weighted by Gasteiger charge is -2.32. The lowest BCUT2D eigenvalue weighted by Crippen LogP contribution is -2.38. The number of anilines is 1. The molecule has 1 saturated heterocycles. The monoisotopic (exact) mass is 322 g/mol. The molecular weight excluding hydrogens is 296 g/mol. The van der Waals surface area contributed by atoms with Gasteiger partial charge in [-0.3, -0.25) is 4.79 Å². The topological polar surface area (TPSA) is 23.6 Å². The van der Waals surface area contributed by atoms with Gasteiger partial charge in [0.2, 0.25) is 0 Å². The van der Waals surface area contributed by atoms with Crippen LogP contribution >= 0.6 is 0 Å². The quantitative estimate of drug-likeness (QED) is 0.853. The Morgan fingerprint density at radius 3 is 2.21 bits per heavy atom. The van der Waals surface area contributed by atoms with Crippen LogP contribution in [0.3, 0.4) is 0 Å². The number of hydrogen-bond acceptors (Lipinski definition) is 2. The van der Waals surface area contributed by atoms with Gasteiger partial charge in [-0.15, -0.1) is 0 Å². The highest BCUT2D eigenvalue weighted by Crippen LogP contribution is 2.23. The first-order valence-electron chi connectivity index (χ1n) is 8.74. The van der Waals surface area contributed by atoms with Crippen LogP contribution in [-0.2, 0) is 6.42 Å². The van der Waals surface area contributed by atoms with E-state index in [4.69, 9.17) is 0 Å². The van der Waals surface area contributed by atoms with Gasteiger partial charge in [0.25, 0.3) is 5.91 Å². The van der Waals surface area contributed by atoms with E-state index in [0.29, 0.717) is 5.92 Å². The summed E-state index contributed by atoms with van der Waals surface area (Å²) in [5.74, 6) is 0.853. The molecule has 0 spiro atoms. The Labute approximate surface area is 144 Å². The molecule has 1 aliphatic heterocycles. The summed E-state index contributed by atoms with van der Waals surface area (Å²) >= 11 is 0. The molecule has 1 aliphatic rings. The number of carbonyl (C=O) groups excluding carboxylic acids is 1. The Balaban J connectivity index is 1.55. The fourth-order valence-corrected chi connectivity index (χ4v) is 3.37. The summed E-state index contributed by atoms with van der Waals surface area (Å²) in [5.41, 5.74) is 3.32. The first kappa shape index (κ1) is 16.6. The molecule has 24 heavy (non-hydrogen) atoms. The van der Waals surface area contributed by atoms with Crippen molar-refractivity contribution in [2.75, 3.05) is 32.1 Å². The number of amides is 1. The third kappa shape index (κ3) is 3.97. The van der Waals surface area contributed by atoms with Crippen LogP contribution in [0.4, 0.5) is 5.69 Å². The number of piperidine rings is 1. The Morgan fingerprint density at radius 2 is 1.62 bits per heavy atom. The van der Waals surface area contributed by atoms with Gasteiger partial charge in [0.05, 0.1) is 0 Å². The molecule has 3 rings (SSSR count). The van der Waals surface area contributed by atoms with Crippen molar-refractivity contribution in [1.29, 1.82) is 0 Å². The summed E-state index contributed by atoms with van der Waals surface area (Å²) in [6.07, 6.45) is 3.31. The van der Waals surface area contributed by atoms with E-state index in [1.165, 1.54) is 5.56 Å². The lowest BCUT2D eigenvalue weighted by atomic mass is 9.90. The van der Waals surface area contributed by atoms with Crippen LogP contribution in [0, 0.1) is 5.92 Å². The minimum atomic E-state index is 0.165. The highest BCUT2D eigenvalue weighted by atomic mass is 16.2. The summed E-state index contributed by atoms with van der Waals surface area (Å²) in [7, 11) is 4.02. The van der Waals surface area contributed by atoms with Gasteiger partial charge in [0.1, 0.15) is 0 Å². The van der Waals surface area contributed by atoms with E-state index in [2.05, 4.69) is 30.3 Å². The molecule has 0 unspecified atom stereocenters. The molecule has 0 aliphatic carbocycles. The van der Waals surface area contributed by atoms with Crippen LogP contribution in [0.2, 0.25) is 0 Å². The second-order valence-corrected chi connectivity index (χ2v) is 6.87. The minimum absolute atomic E-state index is 0.165. The normalized spacial score (nSPS) is 15.3. The maximum absolute atomic E-state index is 12.7. The molecule has 1 amide bonds. The average Bonchev–Trinajstić information content (AvgIpc) is 2.63. The molecular formula is C21H26N2O. The summed E-state index contributed by atoms with van der Waals surface area (Å²) in [5, 5.41) is 0. The SMILES string of the molecule is CN(C)c1ccc(C(=O)N2CCC(Cc3ccccc3)CC2)cc1. The zero-order valence-electron chi connectivity index (χ0n) is 14.6. The van der Waals surface area contributed by atoms with Gasteiger partial charge in [-0.25, -0.2) is 0 Å². The van der Waals surface area contributed by atoms with E-state index in [9.17, 15) is 4.79 Å². The number of rotatable bonds is 4. The van der Waals surface area contributed by atoms with Crippen LogP contribution in [0.1, 0.15) is 28.8 Å². The lowest BCUT2D eigenvalue weighted by molar-refractivity contribution is 0.0690. The molecule has 1 heterocycles. The third-order valence-electron chi connectivity index (χ3n) is 4.90. The fraction of sp³-hybridized carbons (Fsp3) is 0.381. The van der Waals surface area contributed by atoms with Gasteiger partial charge in [0, 0.05) is 38.4 Å². The Kier molecular flexibility index (Phi) is 5.19. The van der Waals surface area contributed by atoms with Crippen LogP contribution < -0.4 is 4.90 Å². The first-order valence-corrected chi connectivity index (χ1v) is 8.74. The van der Waals surface area contributed by atoms with Crippen molar-refractivity contribution < 1.29 is 4.79 Å². The van der Waals surface area contributed by atoms with Crippen molar-refractivity contribution in [1.82, 2.24) is 4.90 Å². The Hall–Kier alpha value is -2.29. The molecule has 0 aromatic heterocycles. The molecule has 0 bridgehead atoms. The zero-order valence-corrected chi connectivity index (χ0v) is 14.6. The molecule has 0 radical (unpaired) electrons. The zero-order chi connectivity index (χ0) is 16.9. The van der Waals surface area contributed by atoms with Crippen molar-refractivity contribution in [3.05, 3.63) is 65.7 Å². The van der Waals surface area contributed by atoms with Gasteiger partial charge in [-0.05, 0) is 55.0 Å². The largest absolute Gasteiger partial charge is 0.378 e. The summed E-state index contributed by atoms with van der Waals surface area (Å²) in [6.45, 7) is 1.73. The number of carbonyl (C=O) groups is 1. The second kappa shape index (κ2) is 7.52. The van der Waals surface area contributed by atoms with E-state index in [-0.39, 0.29) is 5.91 Å². The van der Waals surface area contributed by atoms with E-state index >= 15 is 0 Å². The van der Waals surface area contributed by atoms with Crippen molar-refractivity contribution >= 4 is 11.6 Å². The molecule has 0 N–H and O–H groups in total. The molecule has 2 aromatic rings. The van der Waals surface area contributed by atoms with Gasteiger partial charge in [-0.1, -0.05) is 30.3 Å². The van der Waals surface area contributed by atoms with Crippen LogP contribution in [0.15, 0.2) is 54.6 Å². The third-order valence-corrected chi connectivity index (χ3v) is 4.90. The summed E-state index contributed by atoms with van der Waals surface area (Å²) in [4.78, 5) is 16.7. The number of benzene rings is 2. The van der Waals surface area contributed by atoms with Gasteiger partial charge < -0.3 is 9.80 Å². The summed E-state index contributed by atoms with van der Waals surface area (Å²) in [6, 6.07) is 18.6. The summed E-state index contributed by atoms with van der Waals surface area (Å²) < 4.78 is 0. The van der Waals surface area contributed by atoms with Crippen LogP contribution in [0.5, 0.6) is 0 Å². The van der Waals surface area contributed by atoms with Crippen molar-refractivity contribution in [3.8, 4) is 0 Å². The number of likely N-dealkylation sites (tertiary alicyclic amines) is 1. The Bertz CT molecular complexity index is 656. The second-order valence-electron chi connectivity index (χ2n) is 6.87. The standard InChI is InChI=1S/C21H26N2O/c1-22(2)20-10-8-19(9-11-20)21(24)23-14-12-18(13-15-23)16-17-6-4-3-5-7-17/h3-11,18H,12-16H2,1-2H3. The predicted octanol–water partition coefficient (Wildman–Crippen LogP) is 3.85. The van der Waals surface area contributed by atoms with Gasteiger partial charge in [0.15, 0.2) is 0 Å². The van der Waals surface area contributed by atoms with E-state index < -0.39 is 0 Å². The van der Waals surface area contributed by atoms with Gasteiger partial charge in [-0.2, -0.15) is 0 Å². The molecule has 0 atom stereocenters. The maximum atomic E-state index is 12.7. The molecule has 0 saturated carbocycles. The molecule has 1 fully saturated rings. The van der Waals surface area contributed by atoms with E-state index in [1.807, 2.05) is 48.2 Å². The first-order chi connectivity index (χ1) is 11.6. The van der Waals surface area contributed by atoms with Crippen molar-refractivity contribution in [2.24, 2.45) is 5.92 Å². The van der Waals surface area contributed by atoms with Crippen LogP contribution in [-0.4, -0.2) is 38.0 Å². The highest BCUT2D eigenvalue weighted by molar-refractivity contribution is 5.94. The van der Waals surface area contributed by atoms with E-state index in [1.54, 1.807) is 0 Å². The predicted molar refractivity (Wildman–Crippen MR) is 99.5 cm³/mol. The van der Waals surface area contributed by atoms with Crippen molar-refractivity contribution in [2.45, 2.75) is 19.3 Å². The highest BCUT2D eigenvalue weighted by Gasteiger charge is 2.23. The average molecular weight is 322 g/mol. The maximum Gasteiger partial charge on any atom is 0.253 e. The molecule has 2 aromatic carbocycles. The van der Waals surface area contributed by atoms with Crippen LogP contribution in [0.25, 0.3) is 0 Å². The van der Waals surface area contributed by atoms with Gasteiger partial charge >= 0.3 is 0 Å². The molecule has 3 nitrogen and oxygen atoms in total. The molecule has 126 valence electrons. The Morgan fingerprint density at radius 1 is 1.00 bits per heavy atom. The smallest absolute Gasteiger partial charge is 0.253 e. The number of nitrogens with zero attached hydrogens (tertiary/aromatic N) is 2. The minimum Gasteiger partial charge on any atom is -0.378 e. The molecule has 3 heteroatoms. The number of hydrogen-bond donors (Lipinski definition) is 0. The fourth-order valence-electron chi connectivity index (χ4n) is 3.37.